The van der Waals surface area contributed by atoms with Crippen LogP contribution in [-0.4, -0.2) is 4.98 Å². The summed E-state index contributed by atoms with van der Waals surface area (Å²) in [4.78, 5) is 3.10. The average molecular weight is 249 g/mol. The lowest BCUT2D eigenvalue weighted by Gasteiger charge is -2.15. The Balaban J connectivity index is 3.05. The Morgan fingerprint density at radius 1 is 1.40 bits per heavy atom. The quantitative estimate of drug-likeness (QED) is 0.581. The van der Waals surface area contributed by atoms with Gasteiger partial charge in [0.2, 0.25) is 0 Å². The normalized spacial score (nSPS) is 12.0. The predicted molar refractivity (Wildman–Crippen MR) is 52.6 cm³/mol. The molecule has 1 N–H and O–H groups in total. The van der Waals surface area contributed by atoms with E-state index in [1.807, 2.05) is 6.20 Å². The molecular formula is C8H12IN. The maximum absolute atomic E-state index is 3.10. The molecule has 0 unspecified atom stereocenters. The monoisotopic (exact) mass is 249 g/mol. The van der Waals surface area contributed by atoms with E-state index >= 15 is 0 Å². The number of alkyl halides is 1. The smallest absolute Gasteiger partial charge is 0.0431 e. The minimum absolute atomic E-state index is 0.252. The van der Waals surface area contributed by atoms with Crippen molar-refractivity contribution < 1.29 is 0 Å². The molecule has 1 aromatic heterocycles. The second-order valence-electron chi connectivity index (χ2n) is 3.02. The first-order chi connectivity index (χ1) is 4.52. The van der Waals surface area contributed by atoms with E-state index in [0.29, 0.717) is 0 Å². The Bertz CT molecular complexity index is 219. The first kappa shape index (κ1) is 8.11. The molecule has 0 radical (unpaired) electrons. The van der Waals surface area contributed by atoms with Crippen molar-refractivity contribution in [3.63, 3.8) is 0 Å². The van der Waals surface area contributed by atoms with Gasteiger partial charge in [0.05, 0.1) is 0 Å². The third-order valence-corrected chi connectivity index (χ3v) is 2.17. The minimum atomic E-state index is 0.252. The summed E-state index contributed by atoms with van der Waals surface area (Å²) in [5, 5.41) is 0. The second-order valence-corrected chi connectivity index (χ2v) is 5.72. The maximum Gasteiger partial charge on any atom is 0.0431 e. The van der Waals surface area contributed by atoms with E-state index in [1.54, 1.807) is 0 Å². The third-order valence-electron chi connectivity index (χ3n) is 1.59. The van der Waals surface area contributed by atoms with Crippen molar-refractivity contribution in [2.75, 3.05) is 0 Å². The number of nitrogens with one attached hydrogen (secondary N) is 1. The third kappa shape index (κ3) is 1.54. The van der Waals surface area contributed by atoms with E-state index in [-0.39, 0.29) is 3.42 Å². The van der Waals surface area contributed by atoms with E-state index in [2.05, 4.69) is 54.5 Å². The van der Waals surface area contributed by atoms with E-state index in [0.717, 1.165) is 0 Å². The molecular weight excluding hydrogens is 237 g/mol. The number of hydrogen-bond acceptors (Lipinski definition) is 0. The molecule has 0 spiro atoms. The van der Waals surface area contributed by atoms with Crippen molar-refractivity contribution in [1.29, 1.82) is 0 Å². The first-order valence-corrected chi connectivity index (χ1v) is 4.42. The summed E-state index contributed by atoms with van der Waals surface area (Å²) in [5.41, 5.74) is 2.74. The Kier molecular flexibility index (Phi) is 2.08. The van der Waals surface area contributed by atoms with Crippen LogP contribution < -0.4 is 0 Å². The summed E-state index contributed by atoms with van der Waals surface area (Å²) in [5.74, 6) is 0. The number of rotatable bonds is 1. The lowest BCUT2D eigenvalue weighted by Crippen LogP contribution is -2.05. The lowest BCUT2D eigenvalue weighted by molar-refractivity contribution is 0.821. The fraction of sp³-hybridized carbons (Fsp3) is 0.500. The van der Waals surface area contributed by atoms with E-state index in [4.69, 9.17) is 0 Å². The molecule has 0 aliphatic heterocycles. The van der Waals surface area contributed by atoms with Gasteiger partial charge in [0.1, 0.15) is 0 Å². The number of aryl methyl sites for hydroxylation is 1. The van der Waals surface area contributed by atoms with E-state index in [9.17, 15) is 0 Å². The SMILES string of the molecule is Cc1c[nH]cc1C(C)(C)I. The molecule has 1 rings (SSSR count). The summed E-state index contributed by atoms with van der Waals surface area (Å²) >= 11 is 2.44. The van der Waals surface area contributed by atoms with Crippen LogP contribution in [0.3, 0.4) is 0 Å². The van der Waals surface area contributed by atoms with Crippen molar-refractivity contribution in [1.82, 2.24) is 4.98 Å². The number of H-pyrrole nitrogens is 1. The molecule has 56 valence electrons. The van der Waals surface area contributed by atoms with E-state index in [1.165, 1.54) is 11.1 Å². The first-order valence-electron chi connectivity index (χ1n) is 3.34. The van der Waals surface area contributed by atoms with Crippen LogP contribution in [0.1, 0.15) is 25.0 Å². The number of aromatic amines is 1. The van der Waals surface area contributed by atoms with Crippen LogP contribution in [0.25, 0.3) is 0 Å². The maximum atomic E-state index is 3.10. The number of halogens is 1. The van der Waals surface area contributed by atoms with Gasteiger partial charge in [-0.05, 0) is 31.9 Å². The van der Waals surface area contributed by atoms with Crippen LogP contribution in [0.4, 0.5) is 0 Å². The highest BCUT2D eigenvalue weighted by molar-refractivity contribution is 14.1. The predicted octanol–water partition coefficient (Wildman–Crippen LogP) is 2.99. The molecule has 0 saturated heterocycles. The zero-order valence-electron chi connectivity index (χ0n) is 6.53. The molecule has 0 bridgehead atoms. The largest absolute Gasteiger partial charge is 0.367 e. The van der Waals surface area contributed by atoms with Crippen molar-refractivity contribution in [2.24, 2.45) is 0 Å². The van der Waals surface area contributed by atoms with Crippen LogP contribution in [0.2, 0.25) is 0 Å². The molecule has 1 nitrogen and oxygen atoms in total. The van der Waals surface area contributed by atoms with Gasteiger partial charge in [-0.1, -0.05) is 22.6 Å². The second kappa shape index (κ2) is 2.57. The zero-order chi connectivity index (χ0) is 7.78. The fourth-order valence-corrected chi connectivity index (χ4v) is 1.66. The summed E-state index contributed by atoms with van der Waals surface area (Å²) < 4.78 is 0.252. The minimum Gasteiger partial charge on any atom is -0.367 e. The number of hydrogen-bond donors (Lipinski definition) is 1. The highest BCUT2D eigenvalue weighted by atomic mass is 127. The van der Waals surface area contributed by atoms with Crippen molar-refractivity contribution in [3.8, 4) is 0 Å². The van der Waals surface area contributed by atoms with Gasteiger partial charge in [0.15, 0.2) is 0 Å². The Labute approximate surface area is 75.4 Å². The highest BCUT2D eigenvalue weighted by Gasteiger charge is 2.17. The molecule has 0 amide bonds. The van der Waals surface area contributed by atoms with Gasteiger partial charge in [0.25, 0.3) is 0 Å². The van der Waals surface area contributed by atoms with Crippen molar-refractivity contribution in [3.05, 3.63) is 23.5 Å². The molecule has 0 atom stereocenters. The van der Waals surface area contributed by atoms with Gasteiger partial charge in [-0.25, -0.2) is 0 Å². The molecule has 1 aromatic rings. The van der Waals surface area contributed by atoms with E-state index < -0.39 is 0 Å². The lowest BCUT2D eigenvalue weighted by atomic mass is 10.0. The molecule has 0 saturated carbocycles. The van der Waals surface area contributed by atoms with Crippen molar-refractivity contribution >= 4 is 22.6 Å². The molecule has 0 fully saturated rings. The summed E-state index contributed by atoms with van der Waals surface area (Å²) in [6.07, 6.45) is 4.11. The van der Waals surface area contributed by atoms with Gasteiger partial charge in [-0.15, -0.1) is 0 Å². The van der Waals surface area contributed by atoms with Crippen LogP contribution in [0.15, 0.2) is 12.4 Å². The molecule has 1 heterocycles. The molecule has 2 heteroatoms. The van der Waals surface area contributed by atoms with Gasteiger partial charge in [-0.3, -0.25) is 0 Å². The summed E-state index contributed by atoms with van der Waals surface area (Å²) in [7, 11) is 0. The number of aromatic nitrogens is 1. The molecule has 0 aliphatic carbocycles. The Morgan fingerprint density at radius 2 is 2.00 bits per heavy atom. The Hall–Kier alpha value is 0.01000. The standard InChI is InChI=1S/C8H12IN/c1-6-4-10-5-7(6)8(2,3)9/h4-5,10H,1-3H3. The van der Waals surface area contributed by atoms with Crippen LogP contribution in [0.5, 0.6) is 0 Å². The van der Waals surface area contributed by atoms with Gasteiger partial charge in [-0.2, -0.15) is 0 Å². The highest BCUT2D eigenvalue weighted by Crippen LogP contribution is 2.32. The van der Waals surface area contributed by atoms with Crippen molar-refractivity contribution in [2.45, 2.75) is 24.2 Å². The molecule has 0 aromatic carbocycles. The average Bonchev–Trinajstić information content (AvgIpc) is 2.11. The summed E-state index contributed by atoms with van der Waals surface area (Å²) in [6.45, 7) is 6.56. The fourth-order valence-electron chi connectivity index (χ4n) is 1.08. The molecule has 0 aliphatic rings. The van der Waals surface area contributed by atoms with Crippen LogP contribution in [-0.2, 0) is 3.42 Å². The van der Waals surface area contributed by atoms with Gasteiger partial charge in [0, 0.05) is 15.8 Å². The van der Waals surface area contributed by atoms with Gasteiger partial charge < -0.3 is 4.98 Å². The molecule has 10 heavy (non-hydrogen) atoms. The van der Waals surface area contributed by atoms with Gasteiger partial charge >= 0.3 is 0 Å². The summed E-state index contributed by atoms with van der Waals surface area (Å²) in [6, 6.07) is 0. The zero-order valence-corrected chi connectivity index (χ0v) is 8.69. The topological polar surface area (TPSA) is 15.8 Å². The van der Waals surface area contributed by atoms with Crippen LogP contribution >= 0.6 is 22.6 Å². The Morgan fingerprint density at radius 3 is 2.20 bits per heavy atom. The van der Waals surface area contributed by atoms with Crippen LogP contribution in [0, 0.1) is 6.92 Å².